The van der Waals surface area contributed by atoms with Gasteiger partial charge in [0.15, 0.2) is 0 Å². The number of thiophene rings is 1. The minimum Gasteiger partial charge on any atom is -0.464 e. The molecule has 1 aliphatic carbocycles. The molecule has 0 bridgehead atoms. The van der Waals surface area contributed by atoms with Crippen molar-refractivity contribution in [2.45, 2.75) is 58.9 Å². The van der Waals surface area contributed by atoms with E-state index < -0.39 is 6.04 Å². The number of aryl methyl sites for hydroxylation is 2. The quantitative estimate of drug-likeness (QED) is 0.513. The molecule has 6 heteroatoms. The fourth-order valence-corrected chi connectivity index (χ4v) is 5.24. The molecule has 5 nitrogen and oxygen atoms in total. The highest BCUT2D eigenvalue weighted by Gasteiger charge is 2.27. The molecule has 4 rings (SSSR count). The Hall–Kier alpha value is -2.47. The lowest BCUT2D eigenvalue weighted by molar-refractivity contribution is -0.147. The summed E-state index contributed by atoms with van der Waals surface area (Å²) in [6.45, 7) is 6.28. The predicted molar refractivity (Wildman–Crippen MR) is 121 cm³/mol. The molecule has 1 atom stereocenters. The van der Waals surface area contributed by atoms with Crippen LogP contribution in [0.15, 0.2) is 35.1 Å². The first-order valence-electron chi connectivity index (χ1n) is 10.8. The standard InChI is InChI=1S/C24H28N2O3S/c1-15(2)13-14-29-24(28)16(3)26-21(17-9-5-4-6-10-17)25-22-20(23(26)27)18-11-7-8-12-19(18)30-22/h4-6,9-10,15-16H,7-8,11-14H2,1-3H3. The number of hydrogen-bond acceptors (Lipinski definition) is 5. The third-order valence-corrected chi connectivity index (χ3v) is 6.91. The van der Waals surface area contributed by atoms with Gasteiger partial charge in [-0.25, -0.2) is 9.78 Å². The van der Waals surface area contributed by atoms with Crippen LogP contribution in [-0.4, -0.2) is 22.1 Å². The molecule has 2 aromatic heterocycles. The van der Waals surface area contributed by atoms with Gasteiger partial charge in [-0.2, -0.15) is 0 Å². The Morgan fingerprint density at radius 2 is 1.90 bits per heavy atom. The monoisotopic (exact) mass is 424 g/mol. The molecule has 0 amide bonds. The Morgan fingerprint density at radius 3 is 2.63 bits per heavy atom. The molecule has 0 saturated heterocycles. The molecule has 0 radical (unpaired) electrons. The number of ether oxygens (including phenoxy) is 1. The summed E-state index contributed by atoms with van der Waals surface area (Å²) in [6, 6.07) is 8.87. The molecule has 158 valence electrons. The van der Waals surface area contributed by atoms with Crippen molar-refractivity contribution in [1.29, 1.82) is 0 Å². The zero-order chi connectivity index (χ0) is 21.3. The van der Waals surface area contributed by atoms with E-state index in [2.05, 4.69) is 13.8 Å². The van der Waals surface area contributed by atoms with Crippen LogP contribution in [-0.2, 0) is 22.4 Å². The molecule has 1 aromatic carbocycles. The van der Waals surface area contributed by atoms with Crippen LogP contribution in [0.2, 0.25) is 0 Å². The third-order valence-electron chi connectivity index (χ3n) is 5.72. The van der Waals surface area contributed by atoms with Gasteiger partial charge in [0.1, 0.15) is 16.7 Å². The van der Waals surface area contributed by atoms with Crippen molar-refractivity contribution >= 4 is 27.5 Å². The topological polar surface area (TPSA) is 61.2 Å². The van der Waals surface area contributed by atoms with Crippen molar-refractivity contribution in [3.05, 3.63) is 51.1 Å². The van der Waals surface area contributed by atoms with Crippen LogP contribution in [0.3, 0.4) is 0 Å². The molecule has 1 aliphatic rings. The summed E-state index contributed by atoms with van der Waals surface area (Å²) in [4.78, 5) is 33.5. The van der Waals surface area contributed by atoms with Crippen LogP contribution in [0.25, 0.3) is 21.6 Å². The first-order valence-corrected chi connectivity index (χ1v) is 11.6. The van der Waals surface area contributed by atoms with Gasteiger partial charge in [0.2, 0.25) is 0 Å². The summed E-state index contributed by atoms with van der Waals surface area (Å²) < 4.78 is 7.04. The molecule has 0 N–H and O–H groups in total. The molecule has 30 heavy (non-hydrogen) atoms. The van der Waals surface area contributed by atoms with Gasteiger partial charge in [-0.05, 0) is 50.5 Å². The largest absolute Gasteiger partial charge is 0.464 e. The molecule has 0 saturated carbocycles. The summed E-state index contributed by atoms with van der Waals surface area (Å²) in [7, 11) is 0. The van der Waals surface area contributed by atoms with E-state index in [1.807, 2.05) is 30.3 Å². The lowest BCUT2D eigenvalue weighted by atomic mass is 9.97. The van der Waals surface area contributed by atoms with E-state index >= 15 is 0 Å². The Labute approximate surface area is 180 Å². The second kappa shape index (κ2) is 8.72. The molecular formula is C24H28N2O3S. The van der Waals surface area contributed by atoms with E-state index in [1.54, 1.807) is 18.3 Å². The van der Waals surface area contributed by atoms with Crippen molar-refractivity contribution < 1.29 is 9.53 Å². The van der Waals surface area contributed by atoms with Gasteiger partial charge < -0.3 is 4.74 Å². The third kappa shape index (κ3) is 3.93. The average Bonchev–Trinajstić information content (AvgIpc) is 3.12. The van der Waals surface area contributed by atoms with Crippen LogP contribution in [0, 0.1) is 5.92 Å². The number of hydrogen-bond donors (Lipinski definition) is 0. The number of carbonyl (C=O) groups excluding carboxylic acids is 1. The first kappa shape index (κ1) is 20.8. The fraction of sp³-hybridized carbons (Fsp3) is 0.458. The van der Waals surface area contributed by atoms with Gasteiger partial charge in [0, 0.05) is 10.4 Å². The number of carbonyl (C=O) groups is 1. The van der Waals surface area contributed by atoms with Gasteiger partial charge in [-0.1, -0.05) is 44.2 Å². The van der Waals surface area contributed by atoms with Gasteiger partial charge in [-0.15, -0.1) is 11.3 Å². The summed E-state index contributed by atoms with van der Waals surface area (Å²) in [5.41, 5.74) is 1.82. The molecule has 0 spiro atoms. The van der Waals surface area contributed by atoms with E-state index in [-0.39, 0.29) is 11.5 Å². The zero-order valence-corrected chi connectivity index (χ0v) is 18.6. The number of nitrogens with zero attached hydrogens (tertiary/aromatic N) is 2. The maximum Gasteiger partial charge on any atom is 0.329 e. The first-order chi connectivity index (χ1) is 14.5. The molecule has 2 heterocycles. The maximum absolute atomic E-state index is 13.7. The predicted octanol–water partition coefficient (Wildman–Crippen LogP) is 5.15. The molecular weight excluding hydrogens is 396 g/mol. The normalized spacial score (nSPS) is 14.7. The summed E-state index contributed by atoms with van der Waals surface area (Å²) in [6.07, 6.45) is 4.95. The van der Waals surface area contributed by atoms with Gasteiger partial charge in [-0.3, -0.25) is 9.36 Å². The van der Waals surface area contributed by atoms with Crippen molar-refractivity contribution in [2.75, 3.05) is 6.61 Å². The Kier molecular flexibility index (Phi) is 6.04. The number of aromatic nitrogens is 2. The summed E-state index contributed by atoms with van der Waals surface area (Å²) >= 11 is 1.63. The SMILES string of the molecule is CC(C)CCOC(=O)C(C)n1c(-c2ccccc2)nc2sc3c(c2c1=O)CCCC3. The number of esters is 1. The van der Waals surface area contributed by atoms with Crippen molar-refractivity contribution in [3.8, 4) is 11.4 Å². The van der Waals surface area contributed by atoms with Crippen LogP contribution in [0.5, 0.6) is 0 Å². The van der Waals surface area contributed by atoms with Gasteiger partial charge >= 0.3 is 5.97 Å². The Morgan fingerprint density at radius 1 is 1.17 bits per heavy atom. The highest BCUT2D eigenvalue weighted by atomic mass is 32.1. The van der Waals surface area contributed by atoms with Crippen molar-refractivity contribution in [3.63, 3.8) is 0 Å². The van der Waals surface area contributed by atoms with E-state index in [0.29, 0.717) is 23.7 Å². The Bertz CT molecular complexity index is 1110. The number of fused-ring (bicyclic) bond motifs is 3. The second-order valence-corrected chi connectivity index (χ2v) is 9.48. The van der Waals surface area contributed by atoms with Crippen LogP contribution in [0.4, 0.5) is 0 Å². The fourth-order valence-electron chi connectivity index (χ4n) is 3.99. The van der Waals surface area contributed by atoms with Crippen molar-refractivity contribution in [1.82, 2.24) is 9.55 Å². The lowest BCUT2D eigenvalue weighted by Gasteiger charge is -2.19. The van der Waals surface area contributed by atoms with Gasteiger partial charge in [0.05, 0.1) is 12.0 Å². The second-order valence-electron chi connectivity index (χ2n) is 8.39. The summed E-state index contributed by atoms with van der Waals surface area (Å²) in [5.74, 6) is 0.589. The average molecular weight is 425 g/mol. The maximum atomic E-state index is 13.7. The van der Waals surface area contributed by atoms with Crippen LogP contribution >= 0.6 is 11.3 Å². The lowest BCUT2D eigenvalue weighted by Crippen LogP contribution is -2.32. The highest BCUT2D eigenvalue weighted by Crippen LogP contribution is 2.35. The molecule has 0 aliphatic heterocycles. The number of rotatable bonds is 6. The van der Waals surface area contributed by atoms with E-state index in [4.69, 9.17) is 9.72 Å². The van der Waals surface area contributed by atoms with E-state index in [0.717, 1.165) is 48.1 Å². The van der Waals surface area contributed by atoms with Crippen LogP contribution < -0.4 is 5.56 Å². The molecule has 0 fully saturated rings. The molecule has 3 aromatic rings. The number of benzene rings is 1. The Balaban J connectivity index is 1.84. The highest BCUT2D eigenvalue weighted by molar-refractivity contribution is 7.18. The smallest absolute Gasteiger partial charge is 0.329 e. The summed E-state index contributed by atoms with van der Waals surface area (Å²) in [5, 5.41) is 0.691. The zero-order valence-electron chi connectivity index (χ0n) is 17.8. The van der Waals surface area contributed by atoms with Crippen LogP contribution in [0.1, 0.15) is 56.5 Å². The van der Waals surface area contributed by atoms with E-state index in [9.17, 15) is 9.59 Å². The van der Waals surface area contributed by atoms with E-state index in [1.165, 1.54) is 9.44 Å². The molecule has 1 unspecified atom stereocenters. The van der Waals surface area contributed by atoms with Gasteiger partial charge in [0.25, 0.3) is 5.56 Å². The minimum absolute atomic E-state index is 0.133. The minimum atomic E-state index is -0.740. The van der Waals surface area contributed by atoms with Crippen molar-refractivity contribution in [2.24, 2.45) is 5.92 Å².